The Balaban J connectivity index is 2.54. The van der Waals surface area contributed by atoms with E-state index in [1.54, 1.807) is 0 Å². The Morgan fingerprint density at radius 1 is 1.64 bits per heavy atom. The summed E-state index contributed by atoms with van der Waals surface area (Å²) in [6.07, 6.45) is 2.69. The van der Waals surface area contributed by atoms with Gasteiger partial charge in [-0.2, -0.15) is 0 Å². The van der Waals surface area contributed by atoms with Crippen molar-refractivity contribution in [1.82, 2.24) is 0 Å². The smallest absolute Gasteiger partial charge is 0.331 e. The topological polar surface area (TPSA) is 52.3 Å². The first-order valence-corrected chi connectivity index (χ1v) is 3.41. The molecule has 0 saturated heterocycles. The Morgan fingerprint density at radius 2 is 2.18 bits per heavy atom. The number of ether oxygens (including phenoxy) is 1. The van der Waals surface area contributed by atoms with Gasteiger partial charge in [0.1, 0.15) is 0 Å². The second-order valence-corrected chi connectivity index (χ2v) is 2.64. The summed E-state index contributed by atoms with van der Waals surface area (Å²) in [6.45, 7) is 6.83. The van der Waals surface area contributed by atoms with Gasteiger partial charge in [0.05, 0.1) is 0 Å². The highest BCUT2D eigenvalue weighted by Gasteiger charge is 2.48. The van der Waals surface area contributed by atoms with Gasteiger partial charge in [-0.25, -0.2) is 4.79 Å². The zero-order chi connectivity index (χ0) is 8.48. The molecule has 1 saturated carbocycles. The number of carbonyl (C=O) groups is 1. The minimum Gasteiger partial charge on any atom is -0.450 e. The summed E-state index contributed by atoms with van der Waals surface area (Å²) < 4.78 is 4.98. The Bertz CT molecular complexity index is 216. The second kappa shape index (κ2) is 2.42. The SMILES string of the molecule is C=CC(=O)OC1(C(=C)N)CC1. The van der Waals surface area contributed by atoms with Crippen LogP contribution in [0.15, 0.2) is 24.9 Å². The van der Waals surface area contributed by atoms with Gasteiger partial charge < -0.3 is 10.5 Å². The van der Waals surface area contributed by atoms with Crippen LogP contribution in [0.25, 0.3) is 0 Å². The van der Waals surface area contributed by atoms with Gasteiger partial charge in [-0.1, -0.05) is 13.2 Å². The average molecular weight is 153 g/mol. The van der Waals surface area contributed by atoms with Crippen molar-refractivity contribution < 1.29 is 9.53 Å². The van der Waals surface area contributed by atoms with Gasteiger partial charge in [0.2, 0.25) is 0 Å². The molecule has 11 heavy (non-hydrogen) atoms. The van der Waals surface area contributed by atoms with Crippen LogP contribution in [0, 0.1) is 0 Å². The van der Waals surface area contributed by atoms with Crippen LogP contribution in [0.4, 0.5) is 0 Å². The molecule has 1 rings (SSSR count). The largest absolute Gasteiger partial charge is 0.450 e. The molecule has 0 bridgehead atoms. The van der Waals surface area contributed by atoms with Gasteiger partial charge in [0, 0.05) is 11.8 Å². The molecule has 1 aliphatic carbocycles. The Labute approximate surface area is 65.5 Å². The minimum absolute atomic E-state index is 0.424. The minimum atomic E-state index is -0.564. The van der Waals surface area contributed by atoms with E-state index in [1.807, 2.05) is 0 Å². The van der Waals surface area contributed by atoms with Crippen molar-refractivity contribution in [2.24, 2.45) is 5.73 Å². The Hall–Kier alpha value is -1.25. The van der Waals surface area contributed by atoms with Crippen molar-refractivity contribution in [3.05, 3.63) is 24.9 Å². The predicted octanol–water partition coefficient (Wildman–Crippen LogP) is 0.721. The van der Waals surface area contributed by atoms with Gasteiger partial charge in [0.25, 0.3) is 0 Å². The molecule has 1 aliphatic rings. The molecule has 3 heteroatoms. The van der Waals surface area contributed by atoms with Gasteiger partial charge in [-0.3, -0.25) is 0 Å². The Morgan fingerprint density at radius 3 is 2.45 bits per heavy atom. The molecule has 0 aliphatic heterocycles. The van der Waals surface area contributed by atoms with Crippen molar-refractivity contribution in [1.29, 1.82) is 0 Å². The molecule has 0 amide bonds. The van der Waals surface area contributed by atoms with Crippen molar-refractivity contribution in [3.63, 3.8) is 0 Å². The van der Waals surface area contributed by atoms with E-state index < -0.39 is 11.6 Å². The molecule has 0 aromatic heterocycles. The number of hydrogen-bond donors (Lipinski definition) is 1. The van der Waals surface area contributed by atoms with E-state index in [4.69, 9.17) is 10.5 Å². The molecular formula is C8H11NO2. The molecule has 0 atom stereocenters. The molecule has 0 aromatic carbocycles. The number of nitrogens with two attached hydrogens (primary N) is 1. The fraction of sp³-hybridized carbons (Fsp3) is 0.375. The Kier molecular flexibility index (Phi) is 1.72. The zero-order valence-corrected chi connectivity index (χ0v) is 6.30. The first-order chi connectivity index (χ1) is 5.10. The third-order valence-electron chi connectivity index (χ3n) is 1.75. The van der Waals surface area contributed by atoms with E-state index >= 15 is 0 Å². The summed E-state index contributed by atoms with van der Waals surface area (Å²) >= 11 is 0. The van der Waals surface area contributed by atoms with Crippen LogP contribution >= 0.6 is 0 Å². The van der Waals surface area contributed by atoms with Crippen molar-refractivity contribution in [3.8, 4) is 0 Å². The van der Waals surface area contributed by atoms with Crippen LogP contribution in [-0.2, 0) is 9.53 Å². The molecular weight excluding hydrogens is 142 g/mol. The van der Waals surface area contributed by atoms with Crippen molar-refractivity contribution in [2.75, 3.05) is 0 Å². The monoisotopic (exact) mass is 153 g/mol. The third-order valence-corrected chi connectivity index (χ3v) is 1.75. The first-order valence-electron chi connectivity index (χ1n) is 3.41. The highest BCUT2D eigenvalue weighted by Crippen LogP contribution is 2.43. The van der Waals surface area contributed by atoms with Crippen LogP contribution in [-0.4, -0.2) is 11.6 Å². The van der Waals surface area contributed by atoms with E-state index in [2.05, 4.69) is 13.2 Å². The lowest BCUT2D eigenvalue weighted by molar-refractivity contribution is -0.143. The first kappa shape index (κ1) is 7.85. The summed E-state index contributed by atoms with van der Waals surface area (Å²) in [7, 11) is 0. The lowest BCUT2D eigenvalue weighted by Crippen LogP contribution is -2.24. The maximum atomic E-state index is 10.7. The summed E-state index contributed by atoms with van der Waals surface area (Å²) in [5.74, 6) is -0.436. The number of carbonyl (C=O) groups excluding carboxylic acids is 1. The highest BCUT2D eigenvalue weighted by atomic mass is 16.6. The maximum Gasteiger partial charge on any atom is 0.331 e. The molecule has 0 aromatic rings. The maximum absolute atomic E-state index is 10.7. The molecule has 1 fully saturated rings. The summed E-state index contributed by atoms with van der Waals surface area (Å²) in [4.78, 5) is 10.7. The normalized spacial score (nSPS) is 18.5. The van der Waals surface area contributed by atoms with Crippen LogP contribution in [0.3, 0.4) is 0 Å². The van der Waals surface area contributed by atoms with E-state index in [0.717, 1.165) is 18.9 Å². The summed E-state index contributed by atoms with van der Waals surface area (Å²) in [6, 6.07) is 0. The molecule has 3 nitrogen and oxygen atoms in total. The predicted molar refractivity (Wildman–Crippen MR) is 41.6 cm³/mol. The van der Waals surface area contributed by atoms with E-state index in [1.165, 1.54) is 0 Å². The average Bonchev–Trinajstić information content (AvgIpc) is 2.69. The van der Waals surface area contributed by atoms with Crippen molar-refractivity contribution >= 4 is 5.97 Å². The molecule has 2 N–H and O–H groups in total. The van der Waals surface area contributed by atoms with Crippen LogP contribution in [0.2, 0.25) is 0 Å². The lowest BCUT2D eigenvalue weighted by atomic mass is 10.3. The van der Waals surface area contributed by atoms with Crippen LogP contribution < -0.4 is 5.73 Å². The molecule has 0 radical (unpaired) electrons. The molecule has 0 heterocycles. The van der Waals surface area contributed by atoms with E-state index in [-0.39, 0.29) is 0 Å². The molecule has 0 spiro atoms. The third kappa shape index (κ3) is 1.42. The number of esters is 1. The summed E-state index contributed by atoms with van der Waals surface area (Å²) in [5, 5.41) is 0. The van der Waals surface area contributed by atoms with E-state index in [0.29, 0.717) is 5.70 Å². The fourth-order valence-electron chi connectivity index (χ4n) is 0.836. The lowest BCUT2D eigenvalue weighted by Gasteiger charge is -2.14. The summed E-state index contributed by atoms with van der Waals surface area (Å²) in [5.41, 5.74) is 5.29. The number of rotatable bonds is 3. The molecule has 60 valence electrons. The quantitative estimate of drug-likeness (QED) is 0.480. The zero-order valence-electron chi connectivity index (χ0n) is 6.30. The van der Waals surface area contributed by atoms with E-state index in [9.17, 15) is 4.79 Å². The van der Waals surface area contributed by atoms with Gasteiger partial charge in [0.15, 0.2) is 5.60 Å². The van der Waals surface area contributed by atoms with Gasteiger partial charge in [-0.15, -0.1) is 0 Å². The number of hydrogen-bond acceptors (Lipinski definition) is 3. The highest BCUT2D eigenvalue weighted by molar-refractivity contribution is 5.82. The second-order valence-electron chi connectivity index (χ2n) is 2.64. The van der Waals surface area contributed by atoms with Crippen LogP contribution in [0.5, 0.6) is 0 Å². The van der Waals surface area contributed by atoms with Crippen LogP contribution in [0.1, 0.15) is 12.8 Å². The standard InChI is InChI=1S/C8H11NO2/c1-3-7(10)11-8(4-5-8)6(2)9/h3H,1-2,4-5,9H2. The van der Waals surface area contributed by atoms with Crippen molar-refractivity contribution in [2.45, 2.75) is 18.4 Å². The molecule has 0 unspecified atom stereocenters. The fourth-order valence-corrected chi connectivity index (χ4v) is 0.836. The van der Waals surface area contributed by atoms with Gasteiger partial charge >= 0.3 is 5.97 Å². The van der Waals surface area contributed by atoms with Gasteiger partial charge in [-0.05, 0) is 12.8 Å².